The van der Waals surface area contributed by atoms with Crippen molar-refractivity contribution in [2.75, 3.05) is 0 Å². The Morgan fingerprint density at radius 2 is 1.93 bits per heavy atom. The van der Waals surface area contributed by atoms with Crippen LogP contribution in [0.5, 0.6) is 0 Å². The molecule has 0 saturated carbocycles. The van der Waals surface area contributed by atoms with Crippen molar-refractivity contribution in [3.05, 3.63) is 63.0 Å². The standard InChI is InChI=1S/C21H22ClN3OS/c1-13-9-15(16-10-19(22)25-12-24-16)6-5-14(13)7-8-17(26)18-11-23-20(27-18)21(2,3)4/h5-6,9-12H,7-8H2,1-4H3. The van der Waals surface area contributed by atoms with Crippen LogP contribution in [0, 0.1) is 6.92 Å². The first-order valence-electron chi connectivity index (χ1n) is 8.81. The van der Waals surface area contributed by atoms with Crippen molar-refractivity contribution >= 4 is 28.7 Å². The fourth-order valence-electron chi connectivity index (χ4n) is 2.75. The van der Waals surface area contributed by atoms with Gasteiger partial charge in [0.2, 0.25) is 0 Å². The van der Waals surface area contributed by atoms with Crippen LogP contribution in [-0.2, 0) is 11.8 Å². The highest BCUT2D eigenvalue weighted by Crippen LogP contribution is 2.28. The third kappa shape index (κ3) is 4.79. The molecule has 0 spiro atoms. The molecular weight excluding hydrogens is 378 g/mol. The molecular formula is C21H22ClN3OS. The second-order valence-corrected chi connectivity index (χ2v) is 8.99. The molecule has 0 aliphatic carbocycles. The highest BCUT2D eigenvalue weighted by molar-refractivity contribution is 7.13. The number of carbonyl (C=O) groups excluding carboxylic acids is 1. The third-order valence-corrected chi connectivity index (χ3v) is 5.99. The lowest BCUT2D eigenvalue weighted by atomic mass is 9.98. The molecule has 0 unspecified atom stereocenters. The van der Waals surface area contributed by atoms with E-state index in [-0.39, 0.29) is 11.2 Å². The van der Waals surface area contributed by atoms with Crippen molar-refractivity contribution in [1.82, 2.24) is 15.0 Å². The Morgan fingerprint density at radius 3 is 2.56 bits per heavy atom. The van der Waals surface area contributed by atoms with Crippen LogP contribution in [0.1, 0.15) is 53.0 Å². The molecule has 0 fully saturated rings. The van der Waals surface area contributed by atoms with Crippen LogP contribution in [0.3, 0.4) is 0 Å². The molecule has 0 aliphatic heterocycles. The maximum Gasteiger partial charge on any atom is 0.174 e. The minimum absolute atomic E-state index is 0.0283. The van der Waals surface area contributed by atoms with E-state index in [1.54, 1.807) is 12.3 Å². The van der Waals surface area contributed by atoms with Gasteiger partial charge in [0.25, 0.3) is 0 Å². The topological polar surface area (TPSA) is 55.7 Å². The van der Waals surface area contributed by atoms with Crippen LogP contribution < -0.4 is 0 Å². The predicted octanol–water partition coefficient (Wildman–Crippen LogP) is 5.67. The molecule has 4 nitrogen and oxygen atoms in total. The zero-order valence-electron chi connectivity index (χ0n) is 15.9. The van der Waals surface area contributed by atoms with Gasteiger partial charge in [-0.25, -0.2) is 15.0 Å². The quantitative estimate of drug-likeness (QED) is 0.409. The molecule has 0 amide bonds. The average molecular weight is 400 g/mol. The summed E-state index contributed by atoms with van der Waals surface area (Å²) in [7, 11) is 0. The Balaban J connectivity index is 1.69. The summed E-state index contributed by atoms with van der Waals surface area (Å²) in [5.41, 5.74) is 4.05. The molecule has 2 aromatic heterocycles. The summed E-state index contributed by atoms with van der Waals surface area (Å²) in [4.78, 5) is 25.9. The summed E-state index contributed by atoms with van der Waals surface area (Å²) in [6.07, 6.45) is 4.35. The van der Waals surface area contributed by atoms with Crippen LogP contribution in [0.25, 0.3) is 11.3 Å². The molecule has 140 valence electrons. The largest absolute Gasteiger partial charge is 0.293 e. The number of benzene rings is 1. The maximum absolute atomic E-state index is 12.5. The molecule has 27 heavy (non-hydrogen) atoms. The number of hydrogen-bond donors (Lipinski definition) is 0. The summed E-state index contributed by atoms with van der Waals surface area (Å²) in [5.74, 6) is 0.147. The minimum Gasteiger partial charge on any atom is -0.293 e. The summed E-state index contributed by atoms with van der Waals surface area (Å²) in [5, 5.41) is 1.42. The number of thiazole rings is 1. The number of hydrogen-bond acceptors (Lipinski definition) is 5. The molecule has 0 N–H and O–H groups in total. The van der Waals surface area contributed by atoms with E-state index in [9.17, 15) is 4.79 Å². The molecule has 2 heterocycles. The molecule has 6 heteroatoms. The van der Waals surface area contributed by atoms with Gasteiger partial charge in [-0.05, 0) is 30.5 Å². The summed E-state index contributed by atoms with van der Waals surface area (Å²) in [6.45, 7) is 8.37. The number of ketones is 1. The predicted molar refractivity (Wildman–Crippen MR) is 111 cm³/mol. The molecule has 0 radical (unpaired) electrons. The van der Waals surface area contributed by atoms with E-state index in [2.05, 4.69) is 54.8 Å². The molecule has 0 atom stereocenters. The van der Waals surface area contributed by atoms with Crippen LogP contribution in [-0.4, -0.2) is 20.7 Å². The maximum atomic E-state index is 12.5. The van der Waals surface area contributed by atoms with Gasteiger partial charge in [0.15, 0.2) is 5.78 Å². The summed E-state index contributed by atoms with van der Waals surface area (Å²) in [6, 6.07) is 7.89. The van der Waals surface area contributed by atoms with Gasteiger partial charge in [0.1, 0.15) is 11.5 Å². The van der Waals surface area contributed by atoms with Gasteiger partial charge in [-0.2, -0.15) is 0 Å². The van der Waals surface area contributed by atoms with E-state index in [0.717, 1.165) is 32.3 Å². The molecule has 3 rings (SSSR count). The average Bonchev–Trinajstić information content (AvgIpc) is 3.11. The monoisotopic (exact) mass is 399 g/mol. The number of aromatic nitrogens is 3. The van der Waals surface area contributed by atoms with Gasteiger partial charge in [0, 0.05) is 29.7 Å². The normalized spacial score (nSPS) is 11.6. The van der Waals surface area contributed by atoms with Crippen LogP contribution in [0.15, 0.2) is 36.8 Å². The number of halogens is 1. The third-order valence-electron chi connectivity index (χ3n) is 4.32. The Bertz CT molecular complexity index is 976. The van der Waals surface area contributed by atoms with Crippen molar-refractivity contribution in [1.29, 1.82) is 0 Å². The van der Waals surface area contributed by atoms with E-state index in [1.807, 2.05) is 6.07 Å². The first-order chi connectivity index (χ1) is 12.7. The fraction of sp³-hybridized carbons (Fsp3) is 0.333. The van der Waals surface area contributed by atoms with E-state index in [4.69, 9.17) is 11.6 Å². The van der Waals surface area contributed by atoms with E-state index < -0.39 is 0 Å². The smallest absolute Gasteiger partial charge is 0.174 e. The second-order valence-electron chi connectivity index (χ2n) is 7.57. The van der Waals surface area contributed by atoms with Crippen molar-refractivity contribution < 1.29 is 4.79 Å². The van der Waals surface area contributed by atoms with Crippen LogP contribution >= 0.6 is 22.9 Å². The zero-order valence-corrected chi connectivity index (χ0v) is 17.5. The molecule has 0 bridgehead atoms. The summed E-state index contributed by atoms with van der Waals surface area (Å²) >= 11 is 7.45. The molecule has 0 saturated heterocycles. The Hall–Kier alpha value is -2.11. The van der Waals surface area contributed by atoms with Crippen LogP contribution in [0.4, 0.5) is 0 Å². The Kier molecular flexibility index (Phi) is 5.72. The van der Waals surface area contributed by atoms with Crippen molar-refractivity contribution in [3.8, 4) is 11.3 Å². The molecule has 1 aromatic carbocycles. The SMILES string of the molecule is Cc1cc(-c2cc(Cl)ncn2)ccc1CCC(=O)c1cnc(C(C)(C)C)s1. The Labute approximate surface area is 168 Å². The lowest BCUT2D eigenvalue weighted by molar-refractivity contribution is 0.0986. The highest BCUT2D eigenvalue weighted by Gasteiger charge is 2.20. The number of Topliss-reactive ketones (excluding diaryl/α,β-unsaturated/α-hetero) is 1. The number of rotatable bonds is 5. The lowest BCUT2D eigenvalue weighted by Crippen LogP contribution is -2.09. The highest BCUT2D eigenvalue weighted by atomic mass is 35.5. The number of nitrogens with zero attached hydrogens (tertiary/aromatic N) is 3. The van der Waals surface area contributed by atoms with Crippen molar-refractivity contribution in [2.24, 2.45) is 0 Å². The van der Waals surface area contributed by atoms with Gasteiger partial charge in [-0.15, -0.1) is 11.3 Å². The first kappa shape index (κ1) is 19.6. The van der Waals surface area contributed by atoms with Gasteiger partial charge in [-0.3, -0.25) is 4.79 Å². The molecule has 0 aliphatic rings. The zero-order chi connectivity index (χ0) is 19.6. The van der Waals surface area contributed by atoms with Gasteiger partial charge in [-0.1, -0.05) is 44.5 Å². The fourth-order valence-corrected chi connectivity index (χ4v) is 3.84. The lowest BCUT2D eigenvalue weighted by Gasteiger charge is -2.13. The van der Waals surface area contributed by atoms with E-state index >= 15 is 0 Å². The minimum atomic E-state index is -0.0283. The first-order valence-corrected chi connectivity index (χ1v) is 10.0. The van der Waals surface area contributed by atoms with E-state index in [1.165, 1.54) is 17.7 Å². The number of aryl methyl sites for hydroxylation is 2. The van der Waals surface area contributed by atoms with Gasteiger partial charge >= 0.3 is 0 Å². The second kappa shape index (κ2) is 7.87. The van der Waals surface area contributed by atoms with Gasteiger partial charge in [0.05, 0.1) is 15.6 Å². The Morgan fingerprint density at radius 1 is 1.15 bits per heavy atom. The van der Waals surface area contributed by atoms with Crippen molar-refractivity contribution in [2.45, 2.75) is 46.0 Å². The van der Waals surface area contributed by atoms with Crippen molar-refractivity contribution in [3.63, 3.8) is 0 Å². The van der Waals surface area contributed by atoms with Gasteiger partial charge < -0.3 is 0 Å². The molecule has 3 aromatic rings. The van der Waals surface area contributed by atoms with E-state index in [0.29, 0.717) is 18.0 Å². The van der Waals surface area contributed by atoms with Crippen LogP contribution in [0.2, 0.25) is 5.15 Å². The number of carbonyl (C=O) groups is 1. The summed E-state index contributed by atoms with van der Waals surface area (Å²) < 4.78 is 0.